The van der Waals surface area contributed by atoms with Gasteiger partial charge in [-0.2, -0.15) is 5.10 Å². The summed E-state index contributed by atoms with van der Waals surface area (Å²) < 4.78 is 3.90. The Kier molecular flexibility index (Phi) is 4.63. The highest BCUT2D eigenvalue weighted by Crippen LogP contribution is 2.23. The third kappa shape index (κ3) is 3.19. The van der Waals surface area contributed by atoms with Crippen LogP contribution in [0.2, 0.25) is 0 Å². The summed E-state index contributed by atoms with van der Waals surface area (Å²) in [5.74, 6) is 2.53. The molecule has 3 aromatic heterocycles. The van der Waals surface area contributed by atoms with E-state index in [1.807, 2.05) is 13.0 Å². The zero-order valence-electron chi connectivity index (χ0n) is 15.5. The molecule has 1 aliphatic rings. The lowest BCUT2D eigenvalue weighted by molar-refractivity contribution is 0.174. The molecule has 4 heterocycles. The van der Waals surface area contributed by atoms with Crippen LogP contribution in [0.4, 0.5) is 0 Å². The normalized spacial score (nSPS) is 16.5. The Morgan fingerprint density at radius 1 is 1.27 bits per heavy atom. The molecule has 0 amide bonds. The smallest absolute Gasteiger partial charge is 0.304 e. The molecule has 7 nitrogen and oxygen atoms in total. The molecule has 0 radical (unpaired) electrons. The average molecular weight is 354 g/mol. The number of piperidine rings is 1. The molecular weight excluding hydrogens is 328 g/mol. The monoisotopic (exact) mass is 354 g/mol. The first kappa shape index (κ1) is 17.0. The number of hydrogen-bond donors (Lipinski definition) is 1. The highest BCUT2D eigenvalue weighted by atomic mass is 16.1. The lowest BCUT2D eigenvalue weighted by Crippen LogP contribution is -2.34. The van der Waals surface area contributed by atoms with Crippen LogP contribution in [-0.2, 0) is 19.5 Å². The summed E-state index contributed by atoms with van der Waals surface area (Å²) in [6.45, 7) is 7.75. The first-order valence-electron chi connectivity index (χ1n) is 9.44. The highest BCUT2D eigenvalue weighted by molar-refractivity contribution is 5.53. The van der Waals surface area contributed by atoms with Crippen molar-refractivity contribution in [1.29, 1.82) is 0 Å². The maximum atomic E-state index is 11.7. The van der Waals surface area contributed by atoms with Crippen molar-refractivity contribution in [3.63, 3.8) is 0 Å². The highest BCUT2D eigenvalue weighted by Gasteiger charge is 2.23. The molecule has 0 aliphatic carbocycles. The van der Waals surface area contributed by atoms with E-state index >= 15 is 0 Å². The molecule has 0 unspecified atom stereocenters. The van der Waals surface area contributed by atoms with Crippen molar-refractivity contribution in [3.8, 4) is 0 Å². The van der Waals surface area contributed by atoms with Crippen molar-refractivity contribution in [1.82, 2.24) is 29.0 Å². The van der Waals surface area contributed by atoms with E-state index in [1.165, 1.54) is 5.52 Å². The third-order valence-corrected chi connectivity index (χ3v) is 5.51. The van der Waals surface area contributed by atoms with Gasteiger partial charge in [0.1, 0.15) is 11.6 Å². The number of pyridine rings is 1. The molecule has 1 saturated heterocycles. The molecule has 0 aromatic carbocycles. The van der Waals surface area contributed by atoms with E-state index in [2.05, 4.69) is 44.8 Å². The zero-order valence-corrected chi connectivity index (χ0v) is 15.5. The van der Waals surface area contributed by atoms with E-state index in [9.17, 15) is 4.79 Å². The van der Waals surface area contributed by atoms with E-state index in [0.717, 1.165) is 56.2 Å². The number of aromatic nitrogens is 5. The number of fused-ring (bicyclic) bond motifs is 1. The second-order valence-electron chi connectivity index (χ2n) is 7.17. The summed E-state index contributed by atoms with van der Waals surface area (Å²) >= 11 is 0. The van der Waals surface area contributed by atoms with Gasteiger partial charge in [-0.1, -0.05) is 6.07 Å². The maximum absolute atomic E-state index is 11.7. The van der Waals surface area contributed by atoms with Gasteiger partial charge in [0, 0.05) is 25.7 Å². The van der Waals surface area contributed by atoms with Gasteiger partial charge in [0.15, 0.2) is 0 Å². The molecule has 7 heteroatoms. The predicted molar refractivity (Wildman–Crippen MR) is 100 cm³/mol. The SMILES string of the molecule is CCn1c(CC2CCN(Cc3nc(C)n4ccccc34)CC2)n[nH]c1=O. The molecule has 1 fully saturated rings. The Bertz CT molecular complexity index is 944. The molecule has 1 aliphatic heterocycles. The van der Waals surface area contributed by atoms with Gasteiger partial charge < -0.3 is 4.40 Å². The first-order chi connectivity index (χ1) is 12.7. The topological polar surface area (TPSA) is 71.2 Å². The Hall–Kier alpha value is -2.41. The Morgan fingerprint density at radius 3 is 2.85 bits per heavy atom. The number of likely N-dealkylation sites (tertiary alicyclic amines) is 1. The van der Waals surface area contributed by atoms with Gasteiger partial charge in [0.25, 0.3) is 0 Å². The number of nitrogens with one attached hydrogen (secondary N) is 1. The van der Waals surface area contributed by atoms with Gasteiger partial charge in [0.2, 0.25) is 0 Å². The fraction of sp³-hybridized carbons (Fsp3) is 0.526. The number of hydrogen-bond acceptors (Lipinski definition) is 4. The molecule has 4 rings (SSSR count). The minimum absolute atomic E-state index is 0.0954. The van der Waals surface area contributed by atoms with E-state index < -0.39 is 0 Å². The Labute approximate surface area is 152 Å². The summed E-state index contributed by atoms with van der Waals surface area (Å²) in [7, 11) is 0. The summed E-state index contributed by atoms with van der Waals surface area (Å²) in [4.78, 5) is 19.0. The van der Waals surface area contributed by atoms with Crippen LogP contribution in [0.3, 0.4) is 0 Å². The van der Waals surface area contributed by atoms with Gasteiger partial charge in [-0.05, 0) is 57.8 Å². The number of aryl methyl sites for hydroxylation is 1. The fourth-order valence-electron chi connectivity index (χ4n) is 4.03. The Morgan fingerprint density at radius 2 is 2.08 bits per heavy atom. The molecule has 0 saturated carbocycles. The number of aromatic amines is 1. The number of imidazole rings is 1. The largest absolute Gasteiger partial charge is 0.343 e. The predicted octanol–water partition coefficient (Wildman–Crippen LogP) is 2.00. The molecule has 138 valence electrons. The summed E-state index contributed by atoms with van der Waals surface area (Å²) in [6, 6.07) is 6.26. The van der Waals surface area contributed by atoms with Gasteiger partial charge in [0.05, 0.1) is 11.2 Å². The van der Waals surface area contributed by atoms with Gasteiger partial charge in [-0.3, -0.25) is 9.47 Å². The van der Waals surface area contributed by atoms with Crippen LogP contribution in [0.1, 0.15) is 37.1 Å². The minimum atomic E-state index is -0.0954. The Balaban J connectivity index is 1.38. The first-order valence-corrected chi connectivity index (χ1v) is 9.44. The van der Waals surface area contributed by atoms with Crippen LogP contribution in [0.5, 0.6) is 0 Å². The summed E-state index contributed by atoms with van der Waals surface area (Å²) in [5, 5.41) is 6.78. The maximum Gasteiger partial charge on any atom is 0.343 e. The second-order valence-corrected chi connectivity index (χ2v) is 7.17. The third-order valence-electron chi connectivity index (χ3n) is 5.51. The zero-order chi connectivity index (χ0) is 18.1. The standard InChI is InChI=1S/C19H26N6O/c1-3-24-18(21-22-19(24)26)12-15-7-10-23(11-8-15)13-16-17-6-4-5-9-25(17)14(2)20-16/h4-6,9,15H,3,7-8,10-13H2,1-2H3,(H,22,26). The quantitative estimate of drug-likeness (QED) is 0.761. The van der Waals surface area contributed by atoms with Crippen molar-refractivity contribution in [2.75, 3.05) is 13.1 Å². The number of H-pyrrole nitrogens is 1. The van der Waals surface area contributed by atoms with Crippen LogP contribution >= 0.6 is 0 Å². The molecular formula is C19H26N6O. The van der Waals surface area contributed by atoms with E-state index in [-0.39, 0.29) is 5.69 Å². The van der Waals surface area contributed by atoms with E-state index in [1.54, 1.807) is 4.57 Å². The summed E-state index contributed by atoms with van der Waals surface area (Å²) in [5.41, 5.74) is 2.27. The van der Waals surface area contributed by atoms with Crippen LogP contribution in [0.25, 0.3) is 5.52 Å². The number of nitrogens with zero attached hydrogens (tertiary/aromatic N) is 5. The van der Waals surface area contributed by atoms with Crippen LogP contribution in [0.15, 0.2) is 29.2 Å². The van der Waals surface area contributed by atoms with Gasteiger partial charge in [-0.25, -0.2) is 14.9 Å². The van der Waals surface area contributed by atoms with Crippen molar-refractivity contribution in [2.45, 2.75) is 46.2 Å². The van der Waals surface area contributed by atoms with Crippen molar-refractivity contribution < 1.29 is 0 Å². The molecule has 0 bridgehead atoms. The summed E-state index contributed by atoms with van der Waals surface area (Å²) in [6.07, 6.45) is 5.22. The van der Waals surface area contributed by atoms with Crippen LogP contribution < -0.4 is 5.69 Å². The van der Waals surface area contributed by atoms with Crippen molar-refractivity contribution in [2.24, 2.45) is 5.92 Å². The van der Waals surface area contributed by atoms with Crippen LogP contribution in [0, 0.1) is 12.8 Å². The molecule has 3 aromatic rings. The fourth-order valence-corrected chi connectivity index (χ4v) is 4.03. The van der Waals surface area contributed by atoms with E-state index in [0.29, 0.717) is 12.5 Å². The molecule has 1 N–H and O–H groups in total. The second kappa shape index (κ2) is 7.07. The lowest BCUT2D eigenvalue weighted by Gasteiger charge is -2.31. The van der Waals surface area contributed by atoms with Crippen molar-refractivity contribution in [3.05, 3.63) is 52.2 Å². The van der Waals surface area contributed by atoms with E-state index in [4.69, 9.17) is 4.98 Å². The van der Waals surface area contributed by atoms with Gasteiger partial charge >= 0.3 is 5.69 Å². The molecule has 26 heavy (non-hydrogen) atoms. The van der Waals surface area contributed by atoms with Gasteiger partial charge in [-0.15, -0.1) is 0 Å². The van der Waals surface area contributed by atoms with Crippen molar-refractivity contribution >= 4 is 5.52 Å². The lowest BCUT2D eigenvalue weighted by atomic mass is 9.93. The van der Waals surface area contributed by atoms with Crippen LogP contribution in [-0.4, -0.2) is 42.1 Å². The number of rotatable bonds is 5. The minimum Gasteiger partial charge on any atom is -0.304 e. The molecule has 0 atom stereocenters. The molecule has 0 spiro atoms. The average Bonchev–Trinajstić information content (AvgIpc) is 3.17.